The average Bonchev–Trinajstić information content (AvgIpc) is 3.41. The topological polar surface area (TPSA) is 56.4 Å². The standard InChI is InChI=1S/C27H24F4N4O/c28-18-6-8-24-21(12-18)22(26(36)34-24)14-32-19-7-9-25(23(13-19)27(29,30)31)33-20-10-11-35(16-20)15-17-4-2-1-3-5-17/h1-9,12-14,20,32-33H,10-11,15-16H2,(H,34,36). The minimum atomic E-state index is -4.57. The van der Waals surface area contributed by atoms with Gasteiger partial charge in [0.05, 0.1) is 11.1 Å². The van der Waals surface area contributed by atoms with E-state index in [1.165, 1.54) is 42.1 Å². The van der Waals surface area contributed by atoms with Gasteiger partial charge in [-0.25, -0.2) is 4.39 Å². The van der Waals surface area contributed by atoms with Crippen LogP contribution < -0.4 is 16.0 Å². The molecular weight excluding hydrogens is 472 g/mol. The van der Waals surface area contributed by atoms with E-state index in [0.29, 0.717) is 17.8 Å². The molecule has 5 nitrogen and oxygen atoms in total. The number of anilines is 3. The molecule has 0 spiro atoms. The van der Waals surface area contributed by atoms with Gasteiger partial charge in [-0.05, 0) is 48.4 Å². The molecule has 3 N–H and O–H groups in total. The van der Waals surface area contributed by atoms with E-state index in [-0.39, 0.29) is 23.0 Å². The van der Waals surface area contributed by atoms with E-state index in [2.05, 4.69) is 20.9 Å². The number of benzene rings is 3. The van der Waals surface area contributed by atoms with Crippen LogP contribution in [0.15, 0.2) is 72.9 Å². The van der Waals surface area contributed by atoms with Crippen molar-refractivity contribution in [3.63, 3.8) is 0 Å². The third kappa shape index (κ3) is 5.21. The molecule has 186 valence electrons. The van der Waals surface area contributed by atoms with Crippen LogP contribution >= 0.6 is 0 Å². The van der Waals surface area contributed by atoms with Gasteiger partial charge in [-0.2, -0.15) is 13.2 Å². The van der Waals surface area contributed by atoms with Crippen LogP contribution in [0.4, 0.5) is 34.6 Å². The number of rotatable bonds is 6. The van der Waals surface area contributed by atoms with E-state index in [1.807, 2.05) is 30.3 Å². The van der Waals surface area contributed by atoms with E-state index >= 15 is 0 Å². The fraction of sp³-hybridized carbons (Fsp3) is 0.222. The second-order valence-corrected chi connectivity index (χ2v) is 8.96. The Morgan fingerprint density at radius 1 is 1.06 bits per heavy atom. The summed E-state index contributed by atoms with van der Waals surface area (Å²) in [5.41, 5.74) is 1.49. The molecule has 0 aliphatic carbocycles. The number of hydrogen-bond acceptors (Lipinski definition) is 4. The molecule has 9 heteroatoms. The molecule has 2 aliphatic heterocycles. The maximum atomic E-state index is 13.9. The van der Waals surface area contributed by atoms with Crippen molar-refractivity contribution in [1.29, 1.82) is 0 Å². The van der Waals surface area contributed by atoms with Crippen LogP contribution in [0.25, 0.3) is 5.57 Å². The second-order valence-electron chi connectivity index (χ2n) is 8.96. The molecular formula is C27H24F4N4O. The third-order valence-corrected chi connectivity index (χ3v) is 6.35. The third-order valence-electron chi connectivity index (χ3n) is 6.35. The predicted octanol–water partition coefficient (Wildman–Crippen LogP) is 5.94. The number of hydrogen-bond donors (Lipinski definition) is 3. The van der Waals surface area contributed by atoms with Gasteiger partial charge in [0.1, 0.15) is 5.82 Å². The molecule has 3 aromatic rings. The summed E-state index contributed by atoms with van der Waals surface area (Å²) in [6.07, 6.45) is -2.54. The molecule has 0 aromatic heterocycles. The normalized spacial score (nSPS) is 18.8. The lowest BCUT2D eigenvalue weighted by Gasteiger charge is -2.21. The average molecular weight is 497 g/mol. The van der Waals surface area contributed by atoms with Crippen molar-refractivity contribution in [3.8, 4) is 0 Å². The number of nitrogens with zero attached hydrogens (tertiary/aromatic N) is 1. The minimum absolute atomic E-state index is 0.0123. The highest BCUT2D eigenvalue weighted by atomic mass is 19.4. The zero-order valence-electron chi connectivity index (χ0n) is 19.2. The van der Waals surface area contributed by atoms with E-state index in [1.54, 1.807) is 0 Å². The van der Waals surface area contributed by atoms with E-state index in [9.17, 15) is 22.4 Å². The Hall–Kier alpha value is -3.85. The number of amides is 1. The first kappa shape index (κ1) is 23.9. The Balaban J connectivity index is 1.30. The van der Waals surface area contributed by atoms with Gasteiger partial charge >= 0.3 is 6.18 Å². The minimum Gasteiger partial charge on any atom is -0.380 e. The lowest BCUT2D eigenvalue weighted by atomic mass is 10.1. The summed E-state index contributed by atoms with van der Waals surface area (Å²) in [5.74, 6) is -0.973. The van der Waals surface area contributed by atoms with Gasteiger partial charge in [0.2, 0.25) is 0 Å². The Morgan fingerprint density at radius 2 is 1.86 bits per heavy atom. The van der Waals surface area contributed by atoms with Gasteiger partial charge < -0.3 is 16.0 Å². The molecule has 1 saturated heterocycles. The Kier molecular flexibility index (Phi) is 6.40. The SMILES string of the molecule is O=C1Nc2ccc(F)cc2C1=CNc1ccc(NC2CCN(Cc3ccccc3)C2)c(C(F)(F)F)c1. The summed E-state index contributed by atoms with van der Waals surface area (Å²) >= 11 is 0. The molecule has 3 aromatic carbocycles. The van der Waals surface area contributed by atoms with Crippen molar-refractivity contribution in [1.82, 2.24) is 4.90 Å². The molecule has 2 heterocycles. The van der Waals surface area contributed by atoms with Crippen LogP contribution in [0, 0.1) is 5.82 Å². The number of carbonyl (C=O) groups excluding carboxylic acids is 1. The zero-order valence-corrected chi connectivity index (χ0v) is 19.2. The molecule has 5 rings (SSSR count). The van der Waals surface area contributed by atoms with Crippen LogP contribution in [0.5, 0.6) is 0 Å². The van der Waals surface area contributed by atoms with Crippen molar-refractivity contribution in [3.05, 3.63) is 95.4 Å². The molecule has 1 fully saturated rings. The Labute approximate surface area is 205 Å². The van der Waals surface area contributed by atoms with Crippen LogP contribution in [-0.4, -0.2) is 29.9 Å². The first-order chi connectivity index (χ1) is 17.3. The highest BCUT2D eigenvalue weighted by Gasteiger charge is 2.35. The molecule has 2 aliphatic rings. The monoisotopic (exact) mass is 496 g/mol. The number of halogens is 4. The van der Waals surface area contributed by atoms with Gasteiger partial charge in [-0.15, -0.1) is 0 Å². The summed E-state index contributed by atoms with van der Waals surface area (Å²) < 4.78 is 55.4. The summed E-state index contributed by atoms with van der Waals surface area (Å²) in [7, 11) is 0. The number of alkyl halides is 3. The highest BCUT2D eigenvalue weighted by Crippen LogP contribution is 2.38. The van der Waals surface area contributed by atoms with E-state index < -0.39 is 23.5 Å². The summed E-state index contributed by atoms with van der Waals surface area (Å²) in [6, 6.07) is 17.6. The van der Waals surface area contributed by atoms with Crippen LogP contribution in [0.1, 0.15) is 23.1 Å². The van der Waals surface area contributed by atoms with Gasteiger partial charge in [-0.1, -0.05) is 30.3 Å². The largest absolute Gasteiger partial charge is 0.418 e. The van der Waals surface area contributed by atoms with E-state index in [0.717, 1.165) is 25.6 Å². The summed E-state index contributed by atoms with van der Waals surface area (Å²) in [6.45, 7) is 2.19. The van der Waals surface area contributed by atoms with E-state index in [4.69, 9.17) is 0 Å². The maximum absolute atomic E-state index is 13.9. The first-order valence-corrected chi connectivity index (χ1v) is 11.6. The van der Waals surface area contributed by atoms with Crippen molar-refractivity contribution < 1.29 is 22.4 Å². The number of nitrogens with one attached hydrogen (secondary N) is 3. The molecule has 0 radical (unpaired) electrons. The molecule has 1 atom stereocenters. The van der Waals surface area contributed by atoms with Gasteiger partial charge in [-0.3, -0.25) is 9.69 Å². The number of carbonyl (C=O) groups is 1. The fourth-order valence-corrected chi connectivity index (χ4v) is 4.61. The number of likely N-dealkylation sites (tertiary alicyclic amines) is 1. The lowest BCUT2D eigenvalue weighted by molar-refractivity contribution is -0.137. The Bertz CT molecular complexity index is 1310. The quantitative estimate of drug-likeness (QED) is 0.292. The van der Waals surface area contributed by atoms with Crippen molar-refractivity contribution in [2.24, 2.45) is 0 Å². The highest BCUT2D eigenvalue weighted by molar-refractivity contribution is 6.31. The summed E-state index contributed by atoms with van der Waals surface area (Å²) in [4.78, 5) is 14.5. The first-order valence-electron chi connectivity index (χ1n) is 11.6. The van der Waals surface area contributed by atoms with Crippen LogP contribution in [0.2, 0.25) is 0 Å². The smallest absolute Gasteiger partial charge is 0.380 e. The zero-order chi connectivity index (χ0) is 25.3. The molecule has 36 heavy (non-hydrogen) atoms. The van der Waals surface area contributed by atoms with Gasteiger partial charge in [0.15, 0.2) is 0 Å². The Morgan fingerprint density at radius 3 is 2.64 bits per heavy atom. The molecule has 0 saturated carbocycles. The van der Waals surface area contributed by atoms with Crippen molar-refractivity contribution >= 4 is 28.5 Å². The van der Waals surface area contributed by atoms with Crippen molar-refractivity contribution in [2.45, 2.75) is 25.2 Å². The summed E-state index contributed by atoms with van der Waals surface area (Å²) in [5, 5.41) is 8.44. The molecule has 0 bridgehead atoms. The molecule has 1 unspecified atom stereocenters. The van der Waals surface area contributed by atoms with Gasteiger partial charge in [0, 0.05) is 54.5 Å². The number of fused-ring (bicyclic) bond motifs is 1. The maximum Gasteiger partial charge on any atom is 0.418 e. The van der Waals surface area contributed by atoms with Gasteiger partial charge in [0.25, 0.3) is 5.91 Å². The van der Waals surface area contributed by atoms with Crippen molar-refractivity contribution in [2.75, 3.05) is 29.0 Å². The second kappa shape index (κ2) is 9.66. The predicted molar refractivity (Wildman–Crippen MR) is 132 cm³/mol. The lowest BCUT2D eigenvalue weighted by Crippen LogP contribution is -2.27. The van der Waals surface area contributed by atoms with Crippen LogP contribution in [-0.2, 0) is 17.5 Å². The fourth-order valence-electron chi connectivity index (χ4n) is 4.61. The van der Waals surface area contributed by atoms with Crippen LogP contribution in [0.3, 0.4) is 0 Å². The molecule has 1 amide bonds.